The van der Waals surface area contributed by atoms with Gasteiger partial charge in [-0.1, -0.05) is 12.1 Å². The van der Waals surface area contributed by atoms with Crippen LogP contribution in [0.4, 0.5) is 0 Å². The van der Waals surface area contributed by atoms with Crippen LogP contribution in [0.1, 0.15) is 22.3 Å². The molecule has 0 bridgehead atoms. The molecule has 0 saturated heterocycles. The number of nitriles is 1. The molecule has 5 rings (SSSR count). The third-order valence-corrected chi connectivity index (χ3v) is 7.60. The summed E-state index contributed by atoms with van der Waals surface area (Å²) in [5, 5.41) is 19.5. The largest absolute Gasteiger partial charge is 0.448 e. The molecule has 1 aliphatic rings. The molecule has 4 aromatic rings. The predicted molar refractivity (Wildman–Crippen MR) is 127 cm³/mol. The summed E-state index contributed by atoms with van der Waals surface area (Å²) in [5.41, 5.74) is 2.10. The van der Waals surface area contributed by atoms with E-state index < -0.39 is 16.5 Å². The van der Waals surface area contributed by atoms with E-state index in [9.17, 15) is 20.0 Å². The first-order valence-electron chi connectivity index (χ1n) is 10.2. The molecule has 0 saturated carbocycles. The summed E-state index contributed by atoms with van der Waals surface area (Å²) in [6.07, 6.45) is 0. The van der Waals surface area contributed by atoms with Gasteiger partial charge in [0.05, 0.1) is 40.5 Å². The summed E-state index contributed by atoms with van der Waals surface area (Å²) in [6, 6.07) is 12.6. The second-order valence-corrected chi connectivity index (χ2v) is 9.71. The van der Waals surface area contributed by atoms with Crippen molar-refractivity contribution in [2.75, 3.05) is 6.61 Å². The van der Waals surface area contributed by atoms with Gasteiger partial charge in [0.15, 0.2) is 5.22 Å². The Morgan fingerprint density at radius 3 is 2.70 bits per heavy atom. The van der Waals surface area contributed by atoms with Crippen LogP contribution in [0.3, 0.4) is 0 Å². The summed E-state index contributed by atoms with van der Waals surface area (Å²) < 4.78 is 10.3. The van der Waals surface area contributed by atoms with Crippen molar-refractivity contribution >= 4 is 34.3 Å². The molecule has 2 atom stereocenters. The quantitative estimate of drug-likeness (QED) is 0.481. The maximum atomic E-state index is 13.4. The standard InChI is InChI=1S/C23H19ClN4O4S/c1-26-19-17(22(30)27(2)23(26)31)18(13-5-3-4-12(8-13)9-25)28-10-14(11-29)33-21(20(19)28)15-6-7-16(24)32-15/h3-8,14,21,29H,10-11H2,1-2H3/t14-,21-/m0/s1. The van der Waals surface area contributed by atoms with Crippen molar-refractivity contribution in [2.45, 2.75) is 17.0 Å². The van der Waals surface area contributed by atoms with Crippen molar-refractivity contribution in [1.29, 1.82) is 5.26 Å². The average molecular weight is 483 g/mol. The first-order chi connectivity index (χ1) is 15.8. The SMILES string of the molecule is Cn1c(=O)c2c(-c3cccc(C#N)c3)n3c(c2n(C)c1=O)[C@H](c1ccc(Cl)o1)S[C@H](CO)C3. The Kier molecular flexibility index (Phi) is 5.24. The number of aromatic nitrogens is 3. The molecule has 0 amide bonds. The Balaban J connectivity index is 1.97. The molecule has 0 aliphatic carbocycles. The van der Waals surface area contributed by atoms with Gasteiger partial charge in [0.25, 0.3) is 5.56 Å². The molecule has 0 spiro atoms. The van der Waals surface area contributed by atoms with Gasteiger partial charge in [-0.05, 0) is 35.9 Å². The minimum absolute atomic E-state index is 0.0851. The molecule has 0 unspecified atom stereocenters. The van der Waals surface area contributed by atoms with E-state index in [1.54, 1.807) is 37.4 Å². The van der Waals surface area contributed by atoms with Gasteiger partial charge < -0.3 is 14.1 Å². The summed E-state index contributed by atoms with van der Waals surface area (Å²) in [6.45, 7) is 0.331. The van der Waals surface area contributed by atoms with Crippen molar-refractivity contribution in [1.82, 2.24) is 13.7 Å². The number of hydrogen-bond acceptors (Lipinski definition) is 6. The van der Waals surface area contributed by atoms with Crippen LogP contribution in [0.5, 0.6) is 0 Å². The van der Waals surface area contributed by atoms with Gasteiger partial charge in [-0.25, -0.2) is 4.79 Å². The molecule has 1 N–H and O–H groups in total. The number of hydrogen-bond donors (Lipinski definition) is 1. The lowest BCUT2D eigenvalue weighted by Gasteiger charge is -2.30. The Hall–Kier alpha value is -3.19. The van der Waals surface area contributed by atoms with Crippen LogP contribution in [0.25, 0.3) is 22.2 Å². The van der Waals surface area contributed by atoms with Crippen molar-refractivity contribution < 1.29 is 9.52 Å². The van der Waals surface area contributed by atoms with Crippen LogP contribution in [-0.4, -0.2) is 30.7 Å². The van der Waals surface area contributed by atoms with Gasteiger partial charge in [0.1, 0.15) is 11.0 Å². The number of aryl methyl sites for hydroxylation is 1. The molecule has 8 nitrogen and oxygen atoms in total. The monoisotopic (exact) mass is 482 g/mol. The van der Waals surface area contributed by atoms with Crippen LogP contribution in [-0.2, 0) is 20.6 Å². The van der Waals surface area contributed by atoms with Gasteiger partial charge >= 0.3 is 5.69 Å². The zero-order valence-electron chi connectivity index (χ0n) is 17.8. The maximum absolute atomic E-state index is 13.4. The van der Waals surface area contributed by atoms with E-state index in [4.69, 9.17) is 16.0 Å². The van der Waals surface area contributed by atoms with Crippen LogP contribution in [0.15, 0.2) is 50.4 Å². The molecule has 33 heavy (non-hydrogen) atoms. The first-order valence-corrected chi connectivity index (χ1v) is 11.5. The van der Waals surface area contributed by atoms with E-state index in [0.29, 0.717) is 40.0 Å². The summed E-state index contributed by atoms with van der Waals surface area (Å²) in [5.74, 6) is 0.564. The van der Waals surface area contributed by atoms with E-state index in [2.05, 4.69) is 6.07 Å². The highest BCUT2D eigenvalue weighted by Crippen LogP contribution is 2.49. The minimum Gasteiger partial charge on any atom is -0.448 e. The average Bonchev–Trinajstić information content (AvgIpc) is 3.42. The molecule has 0 fully saturated rings. The Morgan fingerprint density at radius 1 is 1.24 bits per heavy atom. The lowest BCUT2D eigenvalue weighted by molar-refractivity contribution is 0.283. The first kappa shape index (κ1) is 21.6. The molecule has 4 heterocycles. The number of furan rings is 1. The summed E-state index contributed by atoms with van der Waals surface area (Å²) >= 11 is 7.56. The second-order valence-electron chi connectivity index (χ2n) is 7.93. The highest BCUT2D eigenvalue weighted by molar-refractivity contribution is 8.00. The topological polar surface area (TPSA) is 106 Å². The molecule has 168 valence electrons. The number of rotatable bonds is 3. The number of fused-ring (bicyclic) bond motifs is 3. The van der Waals surface area contributed by atoms with Crippen molar-refractivity contribution in [2.24, 2.45) is 14.1 Å². The normalized spacial score (nSPS) is 17.8. The third-order valence-electron chi connectivity index (χ3n) is 5.99. The fourth-order valence-corrected chi connectivity index (χ4v) is 5.99. The zero-order chi connectivity index (χ0) is 23.4. The van der Waals surface area contributed by atoms with E-state index in [1.807, 2.05) is 10.6 Å². The predicted octanol–water partition coefficient (Wildman–Crippen LogP) is 3.02. The van der Waals surface area contributed by atoms with Gasteiger partial charge in [-0.3, -0.25) is 13.9 Å². The Morgan fingerprint density at radius 2 is 2.03 bits per heavy atom. The van der Waals surface area contributed by atoms with E-state index in [-0.39, 0.29) is 17.1 Å². The van der Waals surface area contributed by atoms with Gasteiger partial charge in [-0.15, -0.1) is 11.8 Å². The van der Waals surface area contributed by atoms with Crippen LogP contribution < -0.4 is 11.2 Å². The number of nitrogens with zero attached hydrogens (tertiary/aromatic N) is 4. The molecule has 1 aromatic carbocycles. The molecule has 3 aromatic heterocycles. The number of aliphatic hydroxyl groups excluding tert-OH is 1. The van der Waals surface area contributed by atoms with Gasteiger partial charge in [0.2, 0.25) is 0 Å². The number of thioether (sulfide) groups is 1. The molecule has 0 radical (unpaired) electrons. The minimum atomic E-state index is -0.441. The zero-order valence-corrected chi connectivity index (χ0v) is 19.4. The molecule has 1 aliphatic heterocycles. The maximum Gasteiger partial charge on any atom is 0.331 e. The van der Waals surface area contributed by atoms with Crippen molar-refractivity contribution in [3.8, 4) is 17.3 Å². The lowest BCUT2D eigenvalue weighted by Crippen LogP contribution is -2.37. The number of halogens is 1. The van der Waals surface area contributed by atoms with Crippen LogP contribution in [0.2, 0.25) is 5.22 Å². The van der Waals surface area contributed by atoms with E-state index >= 15 is 0 Å². The van der Waals surface area contributed by atoms with Crippen LogP contribution >= 0.6 is 23.4 Å². The summed E-state index contributed by atoms with van der Waals surface area (Å²) in [7, 11) is 3.08. The third kappa shape index (κ3) is 3.25. The smallest absolute Gasteiger partial charge is 0.331 e. The van der Waals surface area contributed by atoms with E-state index in [0.717, 1.165) is 10.3 Å². The second kappa shape index (κ2) is 7.99. The number of benzene rings is 1. The highest BCUT2D eigenvalue weighted by Gasteiger charge is 2.37. The van der Waals surface area contributed by atoms with Crippen molar-refractivity contribution in [3.05, 3.63) is 79.5 Å². The molecule has 10 heteroatoms. The van der Waals surface area contributed by atoms with Gasteiger partial charge in [-0.2, -0.15) is 5.26 Å². The number of aliphatic hydroxyl groups is 1. The van der Waals surface area contributed by atoms with Gasteiger partial charge in [0, 0.05) is 31.5 Å². The Labute approximate surface area is 197 Å². The Bertz CT molecular complexity index is 1570. The van der Waals surface area contributed by atoms with Crippen molar-refractivity contribution in [3.63, 3.8) is 0 Å². The lowest BCUT2D eigenvalue weighted by atomic mass is 10.1. The fraction of sp³-hybridized carbons (Fsp3) is 0.261. The molecular formula is C23H19ClN4O4S. The summed E-state index contributed by atoms with van der Waals surface area (Å²) in [4.78, 5) is 26.3. The van der Waals surface area contributed by atoms with Crippen LogP contribution in [0, 0.1) is 11.3 Å². The molecular weight excluding hydrogens is 464 g/mol. The highest BCUT2D eigenvalue weighted by atomic mass is 35.5. The fourth-order valence-electron chi connectivity index (χ4n) is 4.51. The van der Waals surface area contributed by atoms with E-state index in [1.165, 1.54) is 23.4 Å².